The average molecular weight is 404 g/mol. The second kappa shape index (κ2) is 9.63. The fourth-order valence-electron chi connectivity index (χ4n) is 2.47. The van der Waals surface area contributed by atoms with Crippen molar-refractivity contribution in [1.82, 2.24) is 19.7 Å². The first kappa shape index (κ1) is 19.5. The highest BCUT2D eigenvalue weighted by atomic mass is 32.2. The van der Waals surface area contributed by atoms with Gasteiger partial charge in [-0.3, -0.25) is 4.79 Å². The molecular weight excluding hydrogens is 382 g/mol. The molecule has 2 aromatic heterocycles. The van der Waals surface area contributed by atoms with Gasteiger partial charge in [-0.1, -0.05) is 23.9 Å². The number of carbonyl (C=O) groups excluding carboxylic acids is 1. The van der Waals surface area contributed by atoms with Crippen LogP contribution in [-0.4, -0.2) is 45.1 Å². The predicted octanol–water partition coefficient (Wildman–Crippen LogP) is 3.48. The van der Waals surface area contributed by atoms with Crippen molar-refractivity contribution in [3.63, 3.8) is 0 Å². The lowest BCUT2D eigenvalue weighted by atomic mass is 10.1. The van der Waals surface area contributed by atoms with E-state index in [0.717, 1.165) is 40.1 Å². The lowest BCUT2D eigenvalue weighted by Crippen LogP contribution is -2.14. The van der Waals surface area contributed by atoms with Crippen molar-refractivity contribution in [2.75, 3.05) is 24.8 Å². The molecule has 0 atom stereocenters. The fourth-order valence-corrected chi connectivity index (χ4v) is 3.83. The van der Waals surface area contributed by atoms with Gasteiger partial charge < -0.3 is 14.6 Å². The van der Waals surface area contributed by atoms with E-state index in [9.17, 15) is 4.79 Å². The summed E-state index contributed by atoms with van der Waals surface area (Å²) in [6.07, 6.45) is 2.55. The molecule has 2 heterocycles. The number of nitrogens with zero attached hydrogens (tertiary/aromatic N) is 4. The molecule has 27 heavy (non-hydrogen) atoms. The summed E-state index contributed by atoms with van der Waals surface area (Å²) < 4.78 is 6.99. The number of hydrogen-bond donors (Lipinski definition) is 1. The second-order valence-corrected chi connectivity index (χ2v) is 7.83. The molecule has 1 aromatic carbocycles. The Morgan fingerprint density at radius 2 is 2.30 bits per heavy atom. The molecule has 0 aliphatic carbocycles. The molecule has 0 fully saturated rings. The zero-order valence-electron chi connectivity index (χ0n) is 15.2. The number of thiazole rings is 1. The number of rotatable bonds is 9. The maximum absolute atomic E-state index is 12.3. The van der Waals surface area contributed by atoms with Crippen molar-refractivity contribution in [3.8, 4) is 11.3 Å². The monoisotopic (exact) mass is 403 g/mol. The molecule has 3 rings (SSSR count). The summed E-state index contributed by atoms with van der Waals surface area (Å²) in [6, 6.07) is 7.71. The Kier molecular flexibility index (Phi) is 6.97. The largest absolute Gasteiger partial charge is 0.385 e. The lowest BCUT2D eigenvalue weighted by molar-refractivity contribution is -0.113. The van der Waals surface area contributed by atoms with E-state index in [1.807, 2.05) is 41.1 Å². The SMILES string of the molecule is COCCCn1cnnc1SCC(=O)Nc1cccc(-c2csc(C)n2)c1. The van der Waals surface area contributed by atoms with Crippen molar-refractivity contribution in [1.29, 1.82) is 0 Å². The molecule has 0 spiro atoms. The minimum Gasteiger partial charge on any atom is -0.385 e. The molecule has 0 saturated heterocycles. The molecule has 0 aliphatic heterocycles. The van der Waals surface area contributed by atoms with Crippen molar-refractivity contribution in [2.45, 2.75) is 25.0 Å². The quantitative estimate of drug-likeness (QED) is 0.435. The highest BCUT2D eigenvalue weighted by Gasteiger charge is 2.10. The fraction of sp³-hybridized carbons (Fsp3) is 0.333. The van der Waals surface area contributed by atoms with Crippen LogP contribution in [0.1, 0.15) is 11.4 Å². The summed E-state index contributed by atoms with van der Waals surface area (Å²) in [5.41, 5.74) is 2.67. The molecule has 0 aliphatic rings. The number of ether oxygens (including phenoxy) is 1. The smallest absolute Gasteiger partial charge is 0.234 e. The summed E-state index contributed by atoms with van der Waals surface area (Å²) in [6.45, 7) is 3.42. The summed E-state index contributed by atoms with van der Waals surface area (Å²) in [7, 11) is 1.68. The Bertz CT molecular complexity index is 893. The van der Waals surface area contributed by atoms with Gasteiger partial charge in [0, 0.05) is 36.9 Å². The van der Waals surface area contributed by atoms with Crippen LogP contribution in [0.3, 0.4) is 0 Å². The van der Waals surface area contributed by atoms with E-state index in [0.29, 0.717) is 6.61 Å². The molecule has 1 N–H and O–H groups in total. The van der Waals surface area contributed by atoms with Gasteiger partial charge in [0.2, 0.25) is 5.91 Å². The maximum atomic E-state index is 12.3. The van der Waals surface area contributed by atoms with Gasteiger partial charge in [-0.05, 0) is 25.5 Å². The zero-order chi connectivity index (χ0) is 19.1. The number of aromatic nitrogens is 4. The van der Waals surface area contributed by atoms with Gasteiger partial charge in [-0.25, -0.2) is 4.98 Å². The number of amides is 1. The van der Waals surface area contributed by atoms with Gasteiger partial charge in [-0.2, -0.15) is 0 Å². The van der Waals surface area contributed by atoms with Crippen molar-refractivity contribution in [3.05, 3.63) is 41.0 Å². The third-order valence-electron chi connectivity index (χ3n) is 3.72. The predicted molar refractivity (Wildman–Crippen MR) is 108 cm³/mol. The Labute approximate surface area is 166 Å². The van der Waals surface area contributed by atoms with Gasteiger partial charge >= 0.3 is 0 Å². The maximum Gasteiger partial charge on any atom is 0.234 e. The van der Waals surface area contributed by atoms with Crippen molar-refractivity contribution >= 4 is 34.7 Å². The summed E-state index contributed by atoms with van der Waals surface area (Å²) in [5.74, 6) is 0.182. The Morgan fingerprint density at radius 1 is 1.41 bits per heavy atom. The second-order valence-electron chi connectivity index (χ2n) is 5.82. The van der Waals surface area contributed by atoms with Crippen LogP contribution in [0.15, 0.2) is 41.1 Å². The van der Waals surface area contributed by atoms with E-state index in [1.165, 1.54) is 11.8 Å². The highest BCUT2D eigenvalue weighted by Crippen LogP contribution is 2.24. The summed E-state index contributed by atoms with van der Waals surface area (Å²) in [5, 5.41) is 14.7. The van der Waals surface area contributed by atoms with Gasteiger partial charge in [0.05, 0.1) is 16.5 Å². The lowest BCUT2D eigenvalue weighted by Gasteiger charge is -2.08. The number of methoxy groups -OCH3 is 1. The summed E-state index contributed by atoms with van der Waals surface area (Å²) in [4.78, 5) is 16.8. The van der Waals surface area contributed by atoms with Gasteiger partial charge in [0.15, 0.2) is 5.16 Å². The summed E-state index contributed by atoms with van der Waals surface area (Å²) >= 11 is 2.98. The topological polar surface area (TPSA) is 81.9 Å². The molecule has 0 bridgehead atoms. The van der Waals surface area contributed by atoms with E-state index in [4.69, 9.17) is 4.74 Å². The van der Waals surface area contributed by atoms with Crippen LogP contribution in [0.4, 0.5) is 5.69 Å². The van der Waals surface area contributed by atoms with Crippen LogP contribution in [-0.2, 0) is 16.1 Å². The standard InChI is InChI=1S/C18H21N5O2S2/c1-13-20-16(10-26-13)14-5-3-6-15(9-14)21-17(24)11-27-18-22-19-12-23(18)7-4-8-25-2/h3,5-6,9-10,12H,4,7-8,11H2,1-2H3,(H,21,24). The van der Waals surface area contributed by atoms with Crippen LogP contribution >= 0.6 is 23.1 Å². The molecule has 0 radical (unpaired) electrons. The molecular formula is C18H21N5O2S2. The number of anilines is 1. The van der Waals surface area contributed by atoms with E-state index < -0.39 is 0 Å². The number of nitrogens with one attached hydrogen (secondary N) is 1. The van der Waals surface area contributed by atoms with Crippen LogP contribution in [0.2, 0.25) is 0 Å². The van der Waals surface area contributed by atoms with E-state index in [1.54, 1.807) is 24.8 Å². The van der Waals surface area contributed by atoms with Crippen LogP contribution in [0.5, 0.6) is 0 Å². The third kappa shape index (κ3) is 5.62. The van der Waals surface area contributed by atoms with Gasteiger partial charge in [-0.15, -0.1) is 21.5 Å². The number of aryl methyl sites for hydroxylation is 2. The molecule has 142 valence electrons. The van der Waals surface area contributed by atoms with Gasteiger partial charge in [0.25, 0.3) is 0 Å². The van der Waals surface area contributed by atoms with Crippen molar-refractivity contribution < 1.29 is 9.53 Å². The molecule has 9 heteroatoms. The van der Waals surface area contributed by atoms with E-state index >= 15 is 0 Å². The van der Waals surface area contributed by atoms with E-state index in [2.05, 4.69) is 20.5 Å². The number of thioether (sulfide) groups is 1. The Morgan fingerprint density at radius 3 is 3.07 bits per heavy atom. The molecule has 7 nitrogen and oxygen atoms in total. The first-order chi connectivity index (χ1) is 13.2. The van der Waals surface area contributed by atoms with Gasteiger partial charge in [0.1, 0.15) is 6.33 Å². The van der Waals surface area contributed by atoms with E-state index in [-0.39, 0.29) is 11.7 Å². The third-order valence-corrected chi connectivity index (χ3v) is 5.48. The first-order valence-electron chi connectivity index (χ1n) is 8.47. The van der Waals surface area contributed by atoms with Crippen LogP contribution in [0.25, 0.3) is 11.3 Å². The zero-order valence-corrected chi connectivity index (χ0v) is 16.8. The minimum atomic E-state index is -0.0851. The number of carbonyl (C=O) groups is 1. The number of benzene rings is 1. The Balaban J connectivity index is 1.55. The minimum absolute atomic E-state index is 0.0851. The molecule has 3 aromatic rings. The average Bonchev–Trinajstić information content (AvgIpc) is 3.29. The van der Waals surface area contributed by atoms with Crippen LogP contribution in [0, 0.1) is 6.92 Å². The molecule has 1 amide bonds. The Hall–Kier alpha value is -2.23. The normalized spacial score (nSPS) is 10.9. The first-order valence-corrected chi connectivity index (χ1v) is 10.3. The number of hydrogen-bond acceptors (Lipinski definition) is 7. The molecule has 0 saturated carbocycles. The molecule has 0 unspecified atom stereocenters. The highest BCUT2D eigenvalue weighted by molar-refractivity contribution is 7.99. The van der Waals surface area contributed by atoms with Crippen molar-refractivity contribution in [2.24, 2.45) is 0 Å². The van der Waals surface area contributed by atoms with Crippen LogP contribution < -0.4 is 5.32 Å².